The van der Waals surface area contributed by atoms with Crippen molar-refractivity contribution in [2.45, 2.75) is 32.2 Å². The molecule has 7 heteroatoms. The van der Waals surface area contributed by atoms with Gasteiger partial charge in [-0.2, -0.15) is 0 Å². The molecule has 0 saturated carbocycles. The Balaban J connectivity index is 1.32. The van der Waals surface area contributed by atoms with Crippen molar-refractivity contribution in [3.63, 3.8) is 0 Å². The van der Waals surface area contributed by atoms with Crippen LogP contribution in [-0.2, 0) is 20.7 Å². The summed E-state index contributed by atoms with van der Waals surface area (Å²) < 4.78 is 5.56. The average molecular weight is 473 g/mol. The molecule has 1 atom stereocenters. The van der Waals surface area contributed by atoms with Crippen molar-refractivity contribution in [1.29, 1.82) is 0 Å². The predicted molar refractivity (Wildman–Crippen MR) is 133 cm³/mol. The molecule has 35 heavy (non-hydrogen) atoms. The van der Waals surface area contributed by atoms with E-state index in [-0.39, 0.29) is 30.8 Å². The van der Waals surface area contributed by atoms with Gasteiger partial charge in [0.2, 0.25) is 5.91 Å². The van der Waals surface area contributed by atoms with Crippen molar-refractivity contribution >= 4 is 23.7 Å². The van der Waals surface area contributed by atoms with E-state index in [0.717, 1.165) is 11.1 Å². The standard InChI is InChI=1S/C28H28N2O5/c1-17(2)26(27(32)33)30-25(31)15-18-11-13-19(14-12-18)29-28(34)35-16-24-22-9-5-3-7-20(22)21-8-4-6-10-23(21)24/h3-14,17,24,26H,15-16H2,1-2H3,(H,29,34)(H,30,31)(H,32,33)/t26-/m1/s1. The van der Waals surface area contributed by atoms with E-state index in [1.54, 1.807) is 38.1 Å². The van der Waals surface area contributed by atoms with Crippen LogP contribution in [0.2, 0.25) is 0 Å². The molecule has 0 fully saturated rings. The zero-order valence-corrected chi connectivity index (χ0v) is 19.7. The van der Waals surface area contributed by atoms with Crippen LogP contribution in [0.4, 0.5) is 10.5 Å². The van der Waals surface area contributed by atoms with Crippen LogP contribution in [0.25, 0.3) is 11.1 Å². The molecule has 180 valence electrons. The van der Waals surface area contributed by atoms with Gasteiger partial charge in [-0.3, -0.25) is 10.1 Å². The molecule has 3 aromatic rings. The lowest BCUT2D eigenvalue weighted by Gasteiger charge is -2.18. The molecule has 0 aromatic heterocycles. The first kappa shape index (κ1) is 24.0. The third-order valence-electron chi connectivity index (χ3n) is 6.16. The van der Waals surface area contributed by atoms with Crippen molar-refractivity contribution in [1.82, 2.24) is 5.32 Å². The number of amides is 2. The fourth-order valence-electron chi connectivity index (χ4n) is 4.38. The van der Waals surface area contributed by atoms with Gasteiger partial charge >= 0.3 is 12.1 Å². The summed E-state index contributed by atoms with van der Waals surface area (Å²) in [6, 6.07) is 22.1. The smallest absolute Gasteiger partial charge is 0.411 e. The Morgan fingerprint density at radius 3 is 2.00 bits per heavy atom. The number of hydrogen-bond acceptors (Lipinski definition) is 4. The Labute approximate surface area is 204 Å². The van der Waals surface area contributed by atoms with Crippen LogP contribution < -0.4 is 10.6 Å². The maximum Gasteiger partial charge on any atom is 0.411 e. The van der Waals surface area contributed by atoms with Gasteiger partial charge in [-0.1, -0.05) is 74.5 Å². The van der Waals surface area contributed by atoms with Crippen LogP contribution in [-0.4, -0.2) is 35.7 Å². The van der Waals surface area contributed by atoms with E-state index < -0.39 is 18.1 Å². The molecule has 0 spiro atoms. The Kier molecular flexibility index (Phi) is 7.15. The summed E-state index contributed by atoms with van der Waals surface area (Å²) in [4.78, 5) is 35.9. The number of carbonyl (C=O) groups is 3. The lowest BCUT2D eigenvalue weighted by atomic mass is 9.98. The first-order valence-electron chi connectivity index (χ1n) is 11.6. The van der Waals surface area contributed by atoms with Crippen molar-refractivity contribution in [2.24, 2.45) is 5.92 Å². The Morgan fingerprint density at radius 1 is 0.886 bits per heavy atom. The van der Waals surface area contributed by atoms with Crippen LogP contribution in [0.15, 0.2) is 72.8 Å². The number of fused-ring (bicyclic) bond motifs is 3. The summed E-state index contributed by atoms with van der Waals surface area (Å²) in [5.41, 5.74) is 5.86. The predicted octanol–water partition coefficient (Wildman–Crippen LogP) is 4.82. The minimum atomic E-state index is -1.06. The maximum absolute atomic E-state index is 12.5. The Morgan fingerprint density at radius 2 is 1.46 bits per heavy atom. The van der Waals surface area contributed by atoms with Crippen LogP contribution in [0.1, 0.15) is 36.5 Å². The van der Waals surface area contributed by atoms with Crippen molar-refractivity contribution in [3.8, 4) is 11.1 Å². The lowest BCUT2D eigenvalue weighted by molar-refractivity contribution is -0.143. The maximum atomic E-state index is 12.5. The molecule has 0 unspecified atom stereocenters. The third-order valence-corrected chi connectivity index (χ3v) is 6.16. The van der Waals surface area contributed by atoms with Crippen molar-refractivity contribution < 1.29 is 24.2 Å². The number of hydrogen-bond donors (Lipinski definition) is 3. The monoisotopic (exact) mass is 472 g/mol. The van der Waals surface area contributed by atoms with E-state index in [9.17, 15) is 19.5 Å². The number of carboxylic acid groups (broad SMARTS) is 1. The first-order valence-corrected chi connectivity index (χ1v) is 11.6. The number of anilines is 1. The SMILES string of the molecule is CC(C)[C@@H](NC(=O)Cc1ccc(NC(=O)OCC2c3ccccc3-c3ccccc32)cc1)C(=O)O. The highest BCUT2D eigenvalue weighted by Gasteiger charge is 2.29. The van der Waals surface area contributed by atoms with Crippen LogP contribution in [0, 0.1) is 5.92 Å². The van der Waals surface area contributed by atoms with Gasteiger partial charge in [0.25, 0.3) is 0 Å². The summed E-state index contributed by atoms with van der Waals surface area (Å²) in [5.74, 6) is -1.67. The van der Waals surface area contributed by atoms with E-state index in [2.05, 4.69) is 34.9 Å². The van der Waals surface area contributed by atoms with Crippen molar-refractivity contribution in [2.75, 3.05) is 11.9 Å². The second kappa shape index (κ2) is 10.4. The van der Waals surface area contributed by atoms with E-state index in [1.807, 2.05) is 24.3 Å². The number of carboxylic acids is 1. The third kappa shape index (κ3) is 5.51. The zero-order chi connectivity index (χ0) is 24.9. The normalized spacial score (nSPS) is 13.0. The fourth-order valence-corrected chi connectivity index (χ4v) is 4.38. The summed E-state index contributed by atoms with van der Waals surface area (Å²) in [6.07, 6.45) is -0.513. The molecule has 7 nitrogen and oxygen atoms in total. The number of aliphatic carboxylic acids is 1. The summed E-state index contributed by atoms with van der Waals surface area (Å²) in [6.45, 7) is 3.70. The van der Waals surface area contributed by atoms with Gasteiger partial charge in [-0.25, -0.2) is 9.59 Å². The number of benzene rings is 3. The molecular formula is C28H28N2O5. The van der Waals surface area contributed by atoms with Gasteiger partial charge in [0.05, 0.1) is 6.42 Å². The van der Waals surface area contributed by atoms with Crippen LogP contribution in [0.5, 0.6) is 0 Å². The minimum absolute atomic E-state index is 0.0190. The molecule has 2 amide bonds. The van der Waals surface area contributed by atoms with Gasteiger partial charge in [0.1, 0.15) is 12.6 Å². The second-order valence-electron chi connectivity index (χ2n) is 8.95. The topological polar surface area (TPSA) is 105 Å². The molecule has 4 rings (SSSR count). The number of ether oxygens (including phenoxy) is 1. The average Bonchev–Trinajstić information content (AvgIpc) is 3.16. The van der Waals surface area contributed by atoms with Gasteiger partial charge in [0.15, 0.2) is 0 Å². The summed E-state index contributed by atoms with van der Waals surface area (Å²) >= 11 is 0. The Hall–Kier alpha value is -4.13. The highest BCUT2D eigenvalue weighted by Crippen LogP contribution is 2.44. The van der Waals surface area contributed by atoms with Crippen molar-refractivity contribution in [3.05, 3.63) is 89.5 Å². The highest BCUT2D eigenvalue weighted by molar-refractivity contribution is 5.86. The lowest BCUT2D eigenvalue weighted by Crippen LogP contribution is -2.44. The molecule has 3 aromatic carbocycles. The molecule has 1 aliphatic rings. The van der Waals surface area contributed by atoms with Gasteiger partial charge in [0, 0.05) is 11.6 Å². The highest BCUT2D eigenvalue weighted by atomic mass is 16.5. The van der Waals surface area contributed by atoms with Gasteiger partial charge in [-0.15, -0.1) is 0 Å². The zero-order valence-electron chi connectivity index (χ0n) is 19.7. The number of rotatable bonds is 8. The van der Waals surface area contributed by atoms with E-state index in [0.29, 0.717) is 11.3 Å². The quantitative estimate of drug-likeness (QED) is 0.436. The molecular weight excluding hydrogens is 444 g/mol. The molecule has 1 aliphatic carbocycles. The van der Waals surface area contributed by atoms with Gasteiger partial charge < -0.3 is 15.2 Å². The van der Waals surface area contributed by atoms with Crippen LogP contribution >= 0.6 is 0 Å². The molecule has 0 aliphatic heterocycles. The molecule has 3 N–H and O–H groups in total. The van der Waals surface area contributed by atoms with Crippen LogP contribution in [0.3, 0.4) is 0 Å². The first-order chi connectivity index (χ1) is 16.8. The minimum Gasteiger partial charge on any atom is -0.480 e. The van der Waals surface area contributed by atoms with E-state index in [4.69, 9.17) is 4.74 Å². The number of carbonyl (C=O) groups excluding carboxylic acids is 2. The second-order valence-corrected chi connectivity index (χ2v) is 8.95. The Bertz CT molecular complexity index is 1190. The molecule has 0 bridgehead atoms. The molecule has 0 radical (unpaired) electrons. The molecule has 0 saturated heterocycles. The number of nitrogens with one attached hydrogen (secondary N) is 2. The van der Waals surface area contributed by atoms with E-state index in [1.165, 1.54) is 11.1 Å². The van der Waals surface area contributed by atoms with E-state index >= 15 is 0 Å². The summed E-state index contributed by atoms with van der Waals surface area (Å²) in [5, 5.41) is 14.5. The fraction of sp³-hybridized carbons (Fsp3) is 0.250. The molecule has 0 heterocycles. The summed E-state index contributed by atoms with van der Waals surface area (Å²) in [7, 11) is 0. The van der Waals surface area contributed by atoms with Gasteiger partial charge in [-0.05, 0) is 45.9 Å². The largest absolute Gasteiger partial charge is 0.480 e.